The van der Waals surface area contributed by atoms with Gasteiger partial charge in [-0.15, -0.1) is 11.3 Å². The highest BCUT2D eigenvalue weighted by molar-refractivity contribution is 8.02. The average molecular weight is 331 g/mol. The molecule has 22 heavy (non-hydrogen) atoms. The first-order chi connectivity index (χ1) is 10.6. The van der Waals surface area contributed by atoms with E-state index in [1.165, 1.54) is 11.8 Å². The number of thiazole rings is 1. The van der Waals surface area contributed by atoms with Crippen LogP contribution in [-0.4, -0.2) is 34.6 Å². The summed E-state index contributed by atoms with van der Waals surface area (Å²) in [6, 6.07) is 12.0. The Morgan fingerprint density at radius 2 is 2.18 bits per heavy atom. The Hall–Kier alpha value is -1.84. The Bertz CT molecular complexity index is 664. The fourth-order valence-corrected chi connectivity index (χ4v) is 3.98. The van der Waals surface area contributed by atoms with Crippen LogP contribution >= 0.6 is 23.1 Å². The molecule has 0 saturated heterocycles. The van der Waals surface area contributed by atoms with Crippen molar-refractivity contribution in [1.29, 1.82) is 5.26 Å². The van der Waals surface area contributed by atoms with Gasteiger partial charge in [0.25, 0.3) is 0 Å². The van der Waals surface area contributed by atoms with Crippen LogP contribution in [0.1, 0.15) is 13.3 Å². The Balaban J connectivity index is 1.98. The molecule has 2 rings (SSSR count). The molecule has 0 aliphatic rings. The second-order valence-electron chi connectivity index (χ2n) is 4.79. The first-order valence-corrected chi connectivity index (χ1v) is 8.67. The summed E-state index contributed by atoms with van der Waals surface area (Å²) >= 11 is 3.01. The summed E-state index contributed by atoms with van der Waals surface area (Å²) in [7, 11) is 1.73. The van der Waals surface area contributed by atoms with Crippen LogP contribution in [0.4, 0.5) is 0 Å². The smallest absolute Gasteiger partial charge is 0.235 e. The van der Waals surface area contributed by atoms with Crippen molar-refractivity contribution in [1.82, 2.24) is 9.88 Å². The highest BCUT2D eigenvalue weighted by Crippen LogP contribution is 2.31. The summed E-state index contributed by atoms with van der Waals surface area (Å²) in [5.74, 6) is 0.0247. The largest absolute Gasteiger partial charge is 0.344 e. The minimum absolute atomic E-state index is 0.0247. The van der Waals surface area contributed by atoms with Crippen LogP contribution in [0.3, 0.4) is 0 Å². The molecule has 114 valence electrons. The van der Waals surface area contributed by atoms with E-state index >= 15 is 0 Å². The second-order valence-corrected chi connectivity index (χ2v) is 7.24. The summed E-state index contributed by atoms with van der Waals surface area (Å²) < 4.78 is 0.883. The predicted molar refractivity (Wildman–Crippen MR) is 90.7 cm³/mol. The van der Waals surface area contributed by atoms with Gasteiger partial charge in [-0.25, -0.2) is 4.98 Å². The van der Waals surface area contributed by atoms with Gasteiger partial charge < -0.3 is 4.90 Å². The summed E-state index contributed by atoms with van der Waals surface area (Å²) in [5.41, 5.74) is 2.02. The number of carbonyl (C=O) groups is 1. The van der Waals surface area contributed by atoms with Gasteiger partial charge in [-0.3, -0.25) is 4.79 Å². The van der Waals surface area contributed by atoms with Crippen LogP contribution in [0.2, 0.25) is 0 Å². The molecule has 0 aliphatic carbocycles. The number of nitrogens with zero attached hydrogens (tertiary/aromatic N) is 3. The summed E-state index contributed by atoms with van der Waals surface area (Å²) in [4.78, 5) is 18.4. The molecule has 1 heterocycles. The van der Waals surface area contributed by atoms with E-state index in [0.717, 1.165) is 15.6 Å². The molecule has 2 aromatic rings. The van der Waals surface area contributed by atoms with Crippen LogP contribution in [0, 0.1) is 11.3 Å². The molecule has 1 amide bonds. The number of hydrogen-bond acceptors (Lipinski definition) is 5. The second kappa shape index (κ2) is 7.97. The molecule has 6 heteroatoms. The van der Waals surface area contributed by atoms with Gasteiger partial charge in [0.1, 0.15) is 0 Å². The third-order valence-electron chi connectivity index (χ3n) is 3.11. The molecule has 0 fully saturated rings. The maximum Gasteiger partial charge on any atom is 0.235 e. The zero-order valence-corrected chi connectivity index (χ0v) is 14.2. The summed E-state index contributed by atoms with van der Waals surface area (Å²) in [6.07, 6.45) is 0.356. The Labute approximate surface area is 138 Å². The fourth-order valence-electron chi connectivity index (χ4n) is 1.89. The molecule has 4 nitrogen and oxygen atoms in total. The van der Waals surface area contributed by atoms with Gasteiger partial charge in [-0.1, -0.05) is 42.1 Å². The van der Waals surface area contributed by atoms with Crippen molar-refractivity contribution in [3.8, 4) is 17.3 Å². The average Bonchev–Trinajstić information content (AvgIpc) is 3.01. The van der Waals surface area contributed by atoms with Gasteiger partial charge in [0.05, 0.1) is 23.4 Å². The SMILES string of the molecule is C[C@H](Sc1nc(-c2ccccc2)cs1)C(=O)N(C)CCC#N. The van der Waals surface area contributed by atoms with E-state index in [1.807, 2.05) is 42.6 Å². The van der Waals surface area contributed by atoms with Crippen molar-refractivity contribution >= 4 is 29.0 Å². The van der Waals surface area contributed by atoms with Crippen molar-refractivity contribution in [2.24, 2.45) is 0 Å². The van der Waals surface area contributed by atoms with Crippen molar-refractivity contribution in [3.63, 3.8) is 0 Å². The number of thioether (sulfide) groups is 1. The maximum absolute atomic E-state index is 12.2. The van der Waals surface area contributed by atoms with E-state index in [2.05, 4.69) is 11.1 Å². The van der Waals surface area contributed by atoms with Gasteiger partial charge in [-0.05, 0) is 6.92 Å². The monoisotopic (exact) mass is 331 g/mol. The lowest BCUT2D eigenvalue weighted by atomic mass is 10.2. The molecular formula is C16H17N3OS2. The van der Waals surface area contributed by atoms with Crippen molar-refractivity contribution in [2.45, 2.75) is 22.9 Å². The van der Waals surface area contributed by atoms with E-state index in [1.54, 1.807) is 23.3 Å². The Kier molecular flexibility index (Phi) is 5.99. The third kappa shape index (κ3) is 4.33. The highest BCUT2D eigenvalue weighted by Gasteiger charge is 2.20. The fraction of sp³-hybridized carbons (Fsp3) is 0.312. The van der Waals surface area contributed by atoms with Crippen LogP contribution in [0.15, 0.2) is 40.1 Å². The van der Waals surface area contributed by atoms with Crippen LogP contribution in [0.25, 0.3) is 11.3 Å². The van der Waals surface area contributed by atoms with E-state index in [0.29, 0.717) is 13.0 Å². The molecule has 0 saturated carbocycles. The summed E-state index contributed by atoms with van der Waals surface area (Å²) in [6.45, 7) is 2.34. The lowest BCUT2D eigenvalue weighted by Gasteiger charge is -2.19. The summed E-state index contributed by atoms with van der Waals surface area (Å²) in [5, 5.41) is 10.4. The Morgan fingerprint density at radius 3 is 2.86 bits per heavy atom. The number of benzene rings is 1. The van der Waals surface area contributed by atoms with E-state index in [4.69, 9.17) is 5.26 Å². The highest BCUT2D eigenvalue weighted by atomic mass is 32.2. The predicted octanol–water partition coefficient (Wildman–Crippen LogP) is 3.66. The van der Waals surface area contributed by atoms with Crippen LogP contribution in [0.5, 0.6) is 0 Å². The van der Waals surface area contributed by atoms with E-state index in [-0.39, 0.29) is 11.2 Å². The molecule has 1 aromatic carbocycles. The molecule has 1 aromatic heterocycles. The van der Waals surface area contributed by atoms with Gasteiger partial charge in [0.2, 0.25) is 5.91 Å². The molecular weight excluding hydrogens is 314 g/mol. The lowest BCUT2D eigenvalue weighted by molar-refractivity contribution is -0.128. The van der Waals surface area contributed by atoms with Crippen LogP contribution in [-0.2, 0) is 4.79 Å². The molecule has 0 spiro atoms. The van der Waals surface area contributed by atoms with Gasteiger partial charge in [0.15, 0.2) is 4.34 Å². The molecule has 0 unspecified atom stereocenters. The lowest BCUT2D eigenvalue weighted by Crippen LogP contribution is -2.33. The number of rotatable bonds is 6. The minimum atomic E-state index is -0.210. The standard InChI is InChI=1S/C16H17N3OS2/c1-12(15(20)19(2)10-6-9-17)22-16-18-14(11-21-16)13-7-4-3-5-8-13/h3-5,7-8,11-12H,6,10H2,1-2H3/t12-/m0/s1. The Morgan fingerprint density at radius 1 is 1.45 bits per heavy atom. The van der Waals surface area contributed by atoms with Crippen molar-refractivity contribution in [3.05, 3.63) is 35.7 Å². The third-order valence-corrected chi connectivity index (χ3v) is 5.17. The molecule has 0 bridgehead atoms. The first kappa shape index (κ1) is 16.5. The van der Waals surface area contributed by atoms with Crippen molar-refractivity contribution in [2.75, 3.05) is 13.6 Å². The quantitative estimate of drug-likeness (QED) is 0.758. The van der Waals surface area contributed by atoms with Crippen LogP contribution < -0.4 is 0 Å². The topological polar surface area (TPSA) is 57.0 Å². The van der Waals surface area contributed by atoms with Gasteiger partial charge in [0, 0.05) is 24.5 Å². The zero-order chi connectivity index (χ0) is 15.9. The molecule has 0 aliphatic heterocycles. The number of aromatic nitrogens is 1. The number of carbonyl (C=O) groups excluding carboxylic acids is 1. The van der Waals surface area contributed by atoms with Gasteiger partial charge in [-0.2, -0.15) is 5.26 Å². The number of amides is 1. The maximum atomic E-state index is 12.2. The molecule has 1 atom stereocenters. The van der Waals surface area contributed by atoms with E-state index < -0.39 is 0 Å². The normalized spacial score (nSPS) is 11.7. The first-order valence-electron chi connectivity index (χ1n) is 6.91. The van der Waals surface area contributed by atoms with Gasteiger partial charge >= 0.3 is 0 Å². The number of hydrogen-bond donors (Lipinski definition) is 0. The zero-order valence-electron chi connectivity index (χ0n) is 12.5. The molecule has 0 radical (unpaired) electrons. The molecule has 0 N–H and O–H groups in total. The van der Waals surface area contributed by atoms with E-state index in [9.17, 15) is 4.79 Å². The van der Waals surface area contributed by atoms with Crippen molar-refractivity contribution < 1.29 is 4.79 Å². The minimum Gasteiger partial charge on any atom is -0.344 e. The number of nitriles is 1.